The van der Waals surface area contributed by atoms with Crippen molar-refractivity contribution in [3.63, 3.8) is 0 Å². The van der Waals surface area contributed by atoms with Crippen molar-refractivity contribution in [2.24, 2.45) is 0 Å². The van der Waals surface area contributed by atoms with Crippen LogP contribution < -0.4 is 0 Å². The second kappa shape index (κ2) is 7.27. The molecule has 1 heterocycles. The van der Waals surface area contributed by atoms with Gasteiger partial charge in [-0.3, -0.25) is 0 Å². The fourth-order valence-corrected chi connectivity index (χ4v) is 2.99. The van der Waals surface area contributed by atoms with E-state index in [0.717, 1.165) is 29.3 Å². The van der Waals surface area contributed by atoms with Crippen molar-refractivity contribution in [3.05, 3.63) is 58.8 Å². The van der Waals surface area contributed by atoms with Crippen LogP contribution in [0.15, 0.2) is 41.4 Å². The Hall–Kier alpha value is -1.81. The van der Waals surface area contributed by atoms with Crippen molar-refractivity contribution < 1.29 is 9.90 Å². The lowest BCUT2D eigenvalue weighted by Crippen LogP contribution is -2.01. The van der Waals surface area contributed by atoms with E-state index in [0.29, 0.717) is 5.56 Å². The number of rotatable bonds is 6. The predicted octanol–water partition coefficient (Wildman–Crippen LogP) is 4.33. The number of thioether (sulfide) groups is 1. The highest BCUT2D eigenvalue weighted by Gasteiger charge is 2.09. The van der Waals surface area contributed by atoms with Gasteiger partial charge in [0, 0.05) is 11.4 Å². The van der Waals surface area contributed by atoms with E-state index in [2.05, 4.69) is 37.0 Å². The number of carboxylic acid groups (broad SMARTS) is 1. The summed E-state index contributed by atoms with van der Waals surface area (Å²) in [5.41, 5.74) is 3.62. The van der Waals surface area contributed by atoms with E-state index in [1.54, 1.807) is 23.9 Å². The Morgan fingerprint density at radius 2 is 2.10 bits per heavy atom. The summed E-state index contributed by atoms with van der Waals surface area (Å²) >= 11 is 1.58. The summed E-state index contributed by atoms with van der Waals surface area (Å²) in [4.78, 5) is 15.7. The number of hydrogen-bond acceptors (Lipinski definition) is 3. The molecule has 2 aromatic rings. The zero-order valence-electron chi connectivity index (χ0n) is 12.3. The van der Waals surface area contributed by atoms with E-state index < -0.39 is 5.97 Å². The summed E-state index contributed by atoms with van der Waals surface area (Å²) in [6, 6.07) is 11.6. The standard InChI is InChI=1S/C17H19NO2S/c1-3-5-15-9-14(17(19)20)10-16(18-15)21-11-13-7-4-6-12(2)8-13/h4,6-10H,3,5,11H2,1-2H3,(H,19,20). The van der Waals surface area contributed by atoms with Gasteiger partial charge in [0.15, 0.2) is 0 Å². The van der Waals surface area contributed by atoms with Gasteiger partial charge in [-0.15, -0.1) is 11.8 Å². The highest BCUT2D eigenvalue weighted by atomic mass is 32.2. The lowest BCUT2D eigenvalue weighted by molar-refractivity contribution is 0.0696. The molecule has 4 heteroatoms. The maximum absolute atomic E-state index is 11.2. The summed E-state index contributed by atoms with van der Waals surface area (Å²) in [6.45, 7) is 4.13. The fraction of sp³-hybridized carbons (Fsp3) is 0.294. The normalized spacial score (nSPS) is 10.6. The first-order valence-electron chi connectivity index (χ1n) is 7.01. The quantitative estimate of drug-likeness (QED) is 0.807. The molecule has 2 rings (SSSR count). The molecule has 1 N–H and O–H groups in total. The summed E-state index contributed by atoms with van der Waals surface area (Å²) in [5, 5.41) is 9.96. The summed E-state index contributed by atoms with van der Waals surface area (Å²) < 4.78 is 0. The molecule has 0 aliphatic carbocycles. The Bertz CT molecular complexity index is 640. The van der Waals surface area contributed by atoms with Gasteiger partial charge in [-0.25, -0.2) is 9.78 Å². The monoisotopic (exact) mass is 301 g/mol. The van der Waals surface area contributed by atoms with E-state index in [1.165, 1.54) is 11.1 Å². The van der Waals surface area contributed by atoms with Crippen LogP contribution in [-0.4, -0.2) is 16.1 Å². The third-order valence-corrected chi connectivity index (χ3v) is 4.06. The molecule has 0 aliphatic heterocycles. The van der Waals surface area contributed by atoms with Crippen molar-refractivity contribution in [2.75, 3.05) is 0 Å². The van der Waals surface area contributed by atoms with Crippen LogP contribution in [0.2, 0.25) is 0 Å². The molecule has 21 heavy (non-hydrogen) atoms. The Labute approximate surface area is 129 Å². The Morgan fingerprint density at radius 1 is 1.29 bits per heavy atom. The zero-order valence-corrected chi connectivity index (χ0v) is 13.1. The van der Waals surface area contributed by atoms with Crippen LogP contribution in [0.4, 0.5) is 0 Å². The average molecular weight is 301 g/mol. The number of nitrogens with zero attached hydrogens (tertiary/aromatic N) is 1. The number of aromatic nitrogens is 1. The summed E-state index contributed by atoms with van der Waals surface area (Å²) in [7, 11) is 0. The van der Waals surface area contributed by atoms with E-state index in [9.17, 15) is 9.90 Å². The van der Waals surface area contributed by atoms with Gasteiger partial charge in [0.1, 0.15) is 0 Å². The average Bonchev–Trinajstić information content (AvgIpc) is 2.45. The van der Waals surface area contributed by atoms with E-state index in [-0.39, 0.29) is 0 Å². The van der Waals surface area contributed by atoms with Crippen molar-refractivity contribution in [2.45, 2.75) is 37.5 Å². The van der Waals surface area contributed by atoms with E-state index in [4.69, 9.17) is 0 Å². The first-order valence-corrected chi connectivity index (χ1v) is 7.99. The van der Waals surface area contributed by atoms with Gasteiger partial charge in [0.25, 0.3) is 0 Å². The number of aromatic carboxylic acids is 1. The van der Waals surface area contributed by atoms with Crippen LogP contribution in [0.25, 0.3) is 0 Å². The Morgan fingerprint density at radius 3 is 2.76 bits per heavy atom. The van der Waals surface area contributed by atoms with Crippen LogP contribution in [0.3, 0.4) is 0 Å². The molecule has 110 valence electrons. The molecule has 1 aromatic carbocycles. The van der Waals surface area contributed by atoms with Crippen LogP contribution >= 0.6 is 11.8 Å². The van der Waals surface area contributed by atoms with Gasteiger partial charge in [0.05, 0.1) is 10.6 Å². The van der Waals surface area contributed by atoms with Crippen molar-refractivity contribution in [3.8, 4) is 0 Å². The molecule has 0 spiro atoms. The van der Waals surface area contributed by atoms with Gasteiger partial charge >= 0.3 is 5.97 Å². The zero-order chi connectivity index (χ0) is 15.2. The topological polar surface area (TPSA) is 50.2 Å². The number of hydrogen-bond donors (Lipinski definition) is 1. The highest BCUT2D eigenvalue weighted by molar-refractivity contribution is 7.98. The summed E-state index contributed by atoms with van der Waals surface area (Å²) in [5.74, 6) is -0.101. The molecule has 1 aromatic heterocycles. The first kappa shape index (κ1) is 15.6. The largest absolute Gasteiger partial charge is 0.478 e. The van der Waals surface area contributed by atoms with Crippen molar-refractivity contribution >= 4 is 17.7 Å². The van der Waals surface area contributed by atoms with Crippen LogP contribution in [0, 0.1) is 6.92 Å². The van der Waals surface area contributed by atoms with E-state index in [1.807, 2.05) is 6.07 Å². The lowest BCUT2D eigenvalue weighted by Gasteiger charge is -2.07. The number of carbonyl (C=O) groups is 1. The lowest BCUT2D eigenvalue weighted by atomic mass is 10.2. The smallest absolute Gasteiger partial charge is 0.335 e. The predicted molar refractivity (Wildman–Crippen MR) is 85.9 cm³/mol. The van der Waals surface area contributed by atoms with Crippen molar-refractivity contribution in [1.29, 1.82) is 0 Å². The molecule has 0 aliphatic rings. The van der Waals surface area contributed by atoms with Gasteiger partial charge in [-0.1, -0.05) is 43.2 Å². The molecule has 0 saturated heterocycles. The third kappa shape index (κ3) is 4.60. The molecule has 0 fully saturated rings. The first-order chi connectivity index (χ1) is 10.1. The van der Waals surface area contributed by atoms with Gasteiger partial charge < -0.3 is 5.11 Å². The number of benzene rings is 1. The van der Waals surface area contributed by atoms with Crippen LogP contribution in [-0.2, 0) is 12.2 Å². The molecule has 0 atom stereocenters. The van der Waals surface area contributed by atoms with Gasteiger partial charge in [-0.05, 0) is 31.0 Å². The third-order valence-electron chi connectivity index (χ3n) is 3.08. The second-order valence-corrected chi connectivity index (χ2v) is 6.01. The minimum atomic E-state index is -0.896. The van der Waals surface area contributed by atoms with Gasteiger partial charge in [0.2, 0.25) is 0 Å². The highest BCUT2D eigenvalue weighted by Crippen LogP contribution is 2.23. The Kier molecular flexibility index (Phi) is 5.39. The van der Waals surface area contributed by atoms with Crippen molar-refractivity contribution in [1.82, 2.24) is 4.98 Å². The second-order valence-electron chi connectivity index (χ2n) is 5.02. The van der Waals surface area contributed by atoms with Crippen LogP contribution in [0.1, 0.15) is 40.5 Å². The maximum atomic E-state index is 11.2. The molecule has 3 nitrogen and oxygen atoms in total. The number of pyridine rings is 1. The minimum absolute atomic E-state index is 0.320. The molecule has 0 unspecified atom stereocenters. The molecule has 0 amide bonds. The molecular formula is C17H19NO2S. The summed E-state index contributed by atoms with van der Waals surface area (Å²) in [6.07, 6.45) is 1.76. The number of carboxylic acids is 1. The molecular weight excluding hydrogens is 282 g/mol. The SMILES string of the molecule is CCCc1cc(C(=O)O)cc(SCc2cccc(C)c2)n1. The molecule has 0 bridgehead atoms. The van der Waals surface area contributed by atoms with E-state index >= 15 is 0 Å². The molecule has 0 radical (unpaired) electrons. The Balaban J connectivity index is 2.16. The van der Waals surface area contributed by atoms with Crippen LogP contribution in [0.5, 0.6) is 0 Å². The van der Waals surface area contributed by atoms with Gasteiger partial charge in [-0.2, -0.15) is 0 Å². The molecule has 0 saturated carbocycles. The minimum Gasteiger partial charge on any atom is -0.478 e. The number of aryl methyl sites for hydroxylation is 2. The maximum Gasteiger partial charge on any atom is 0.335 e. The fourth-order valence-electron chi connectivity index (χ4n) is 2.10.